The molecule has 31 heavy (non-hydrogen) atoms. The second-order valence-electron chi connectivity index (χ2n) is 8.52. The van der Waals surface area contributed by atoms with Crippen LogP contribution in [0.15, 0.2) is 41.2 Å². The number of hydrogen-bond acceptors (Lipinski definition) is 6. The second-order valence-corrected chi connectivity index (χ2v) is 8.52. The lowest BCUT2D eigenvalue weighted by Gasteiger charge is -2.35. The van der Waals surface area contributed by atoms with Crippen LogP contribution in [0.1, 0.15) is 30.5 Å². The molecule has 2 aromatic heterocycles. The van der Waals surface area contributed by atoms with E-state index in [9.17, 15) is 4.79 Å². The Morgan fingerprint density at radius 3 is 2.71 bits per heavy atom. The van der Waals surface area contributed by atoms with Gasteiger partial charge >= 0.3 is 0 Å². The molecule has 3 heterocycles. The zero-order valence-corrected chi connectivity index (χ0v) is 17.9. The Labute approximate surface area is 182 Å². The van der Waals surface area contributed by atoms with Crippen molar-refractivity contribution in [1.29, 1.82) is 0 Å². The molecule has 162 valence electrons. The smallest absolute Gasteiger partial charge is 0.255 e. The average Bonchev–Trinajstić information content (AvgIpc) is 2.82. The standard InChI is InChI=1S/C24H30N6O/c31-23-19-7-2-4-9-21(19)27-24(28-23)25-12-5-13-29-14-16-30(17-15-29)22-11-10-18-6-1-3-8-20(18)26-22/h1,3,6,8,10-11H,2,4-5,7,9,12-17H2,(H2,25,27,28,31). The third kappa shape index (κ3) is 4.56. The molecule has 7 heteroatoms. The molecule has 1 aromatic carbocycles. The van der Waals surface area contributed by atoms with Crippen LogP contribution in [0.5, 0.6) is 0 Å². The van der Waals surface area contributed by atoms with Gasteiger partial charge in [0.1, 0.15) is 5.82 Å². The number of H-pyrrole nitrogens is 1. The minimum absolute atomic E-state index is 0.0330. The van der Waals surface area contributed by atoms with Gasteiger partial charge in [-0.1, -0.05) is 18.2 Å². The fourth-order valence-electron chi connectivity index (χ4n) is 4.63. The Morgan fingerprint density at radius 2 is 1.81 bits per heavy atom. The number of aryl methyl sites for hydroxylation is 1. The van der Waals surface area contributed by atoms with E-state index in [4.69, 9.17) is 4.98 Å². The van der Waals surface area contributed by atoms with E-state index in [2.05, 4.69) is 55.4 Å². The molecule has 0 radical (unpaired) electrons. The van der Waals surface area contributed by atoms with E-state index in [1.54, 1.807) is 0 Å². The number of aromatic amines is 1. The van der Waals surface area contributed by atoms with Crippen molar-refractivity contribution in [2.75, 3.05) is 49.5 Å². The van der Waals surface area contributed by atoms with Gasteiger partial charge in [0, 0.05) is 43.7 Å². The lowest BCUT2D eigenvalue weighted by Crippen LogP contribution is -2.47. The number of anilines is 2. The molecule has 1 aliphatic carbocycles. The quantitative estimate of drug-likeness (QED) is 0.600. The zero-order chi connectivity index (χ0) is 21.0. The molecular weight excluding hydrogens is 388 g/mol. The molecule has 5 rings (SSSR count). The van der Waals surface area contributed by atoms with Gasteiger partial charge in [-0.05, 0) is 56.8 Å². The fraction of sp³-hybridized carbons (Fsp3) is 0.458. The van der Waals surface area contributed by atoms with Gasteiger partial charge in [0.2, 0.25) is 5.95 Å². The number of nitrogens with one attached hydrogen (secondary N) is 2. The predicted octanol–water partition coefficient (Wildman–Crippen LogP) is 2.82. The summed E-state index contributed by atoms with van der Waals surface area (Å²) in [6.45, 7) is 5.94. The number of hydrogen-bond donors (Lipinski definition) is 2. The first kappa shape index (κ1) is 20.0. The van der Waals surface area contributed by atoms with E-state index >= 15 is 0 Å². The summed E-state index contributed by atoms with van der Waals surface area (Å²) in [6.07, 6.45) is 5.02. The maximum absolute atomic E-state index is 12.2. The number of pyridine rings is 1. The van der Waals surface area contributed by atoms with Crippen molar-refractivity contribution in [3.05, 3.63) is 58.0 Å². The first-order chi connectivity index (χ1) is 15.3. The molecule has 2 aliphatic rings. The average molecular weight is 419 g/mol. The highest BCUT2D eigenvalue weighted by Crippen LogP contribution is 2.19. The monoisotopic (exact) mass is 418 g/mol. The van der Waals surface area contributed by atoms with Crippen LogP contribution in [0, 0.1) is 0 Å². The Morgan fingerprint density at radius 1 is 0.968 bits per heavy atom. The third-order valence-corrected chi connectivity index (χ3v) is 6.42. The normalized spacial score (nSPS) is 17.0. The van der Waals surface area contributed by atoms with Crippen molar-refractivity contribution >= 4 is 22.7 Å². The van der Waals surface area contributed by atoms with E-state index in [1.165, 1.54) is 5.39 Å². The largest absolute Gasteiger partial charge is 0.356 e. The van der Waals surface area contributed by atoms with Gasteiger partial charge in [-0.15, -0.1) is 0 Å². The molecule has 2 N–H and O–H groups in total. The van der Waals surface area contributed by atoms with Crippen LogP contribution in [0.25, 0.3) is 10.9 Å². The molecule has 0 amide bonds. The predicted molar refractivity (Wildman–Crippen MR) is 125 cm³/mol. The number of nitrogens with zero attached hydrogens (tertiary/aromatic N) is 4. The van der Waals surface area contributed by atoms with Crippen LogP contribution >= 0.6 is 0 Å². The maximum Gasteiger partial charge on any atom is 0.255 e. The van der Waals surface area contributed by atoms with Crippen LogP contribution < -0.4 is 15.8 Å². The molecule has 0 bridgehead atoms. The number of rotatable bonds is 6. The summed E-state index contributed by atoms with van der Waals surface area (Å²) in [4.78, 5) is 29.5. The van der Waals surface area contributed by atoms with Gasteiger partial charge in [0.25, 0.3) is 5.56 Å². The van der Waals surface area contributed by atoms with Crippen molar-refractivity contribution < 1.29 is 0 Å². The maximum atomic E-state index is 12.2. The Bertz CT molecular complexity index is 1100. The van der Waals surface area contributed by atoms with Crippen LogP contribution in [0.3, 0.4) is 0 Å². The van der Waals surface area contributed by atoms with E-state index < -0.39 is 0 Å². The highest BCUT2D eigenvalue weighted by molar-refractivity contribution is 5.80. The number of benzene rings is 1. The molecule has 0 saturated carbocycles. The van der Waals surface area contributed by atoms with Crippen molar-refractivity contribution in [1.82, 2.24) is 19.9 Å². The summed E-state index contributed by atoms with van der Waals surface area (Å²) in [6, 6.07) is 12.6. The summed E-state index contributed by atoms with van der Waals surface area (Å²) in [5, 5.41) is 4.50. The highest BCUT2D eigenvalue weighted by atomic mass is 16.1. The van der Waals surface area contributed by atoms with Crippen LogP contribution in [-0.4, -0.2) is 59.1 Å². The number of aromatic nitrogens is 3. The first-order valence-electron chi connectivity index (χ1n) is 11.5. The van der Waals surface area contributed by atoms with Gasteiger partial charge in [0.05, 0.1) is 11.2 Å². The van der Waals surface area contributed by atoms with Gasteiger partial charge in [-0.25, -0.2) is 9.97 Å². The molecule has 1 aliphatic heterocycles. The van der Waals surface area contributed by atoms with Crippen molar-refractivity contribution in [2.45, 2.75) is 32.1 Å². The van der Waals surface area contributed by atoms with E-state index in [0.29, 0.717) is 5.95 Å². The summed E-state index contributed by atoms with van der Waals surface area (Å²) in [5.41, 5.74) is 2.96. The minimum atomic E-state index is 0.0330. The van der Waals surface area contributed by atoms with Crippen molar-refractivity contribution in [3.8, 4) is 0 Å². The van der Waals surface area contributed by atoms with E-state index in [0.717, 1.165) is 94.0 Å². The topological polar surface area (TPSA) is 77.2 Å². The third-order valence-electron chi connectivity index (χ3n) is 6.42. The highest BCUT2D eigenvalue weighted by Gasteiger charge is 2.18. The molecule has 0 spiro atoms. The lowest BCUT2D eigenvalue weighted by molar-refractivity contribution is 0.256. The number of para-hydroxylation sites is 1. The molecule has 3 aromatic rings. The molecule has 1 fully saturated rings. The SMILES string of the molecule is O=c1[nH]c(NCCCN2CCN(c3ccc4ccccc4n3)CC2)nc2c1CCCC2. The Balaban J connectivity index is 1.08. The number of fused-ring (bicyclic) bond motifs is 2. The van der Waals surface area contributed by atoms with Crippen molar-refractivity contribution in [2.24, 2.45) is 0 Å². The minimum Gasteiger partial charge on any atom is -0.356 e. The first-order valence-corrected chi connectivity index (χ1v) is 11.5. The summed E-state index contributed by atoms with van der Waals surface area (Å²) in [7, 11) is 0. The van der Waals surface area contributed by atoms with Crippen molar-refractivity contribution in [3.63, 3.8) is 0 Å². The van der Waals surface area contributed by atoms with E-state index in [1.807, 2.05) is 6.07 Å². The van der Waals surface area contributed by atoms with Crippen LogP contribution in [0.4, 0.5) is 11.8 Å². The van der Waals surface area contributed by atoms with E-state index in [-0.39, 0.29) is 5.56 Å². The Hall–Kier alpha value is -2.93. The van der Waals surface area contributed by atoms with Crippen LogP contribution in [-0.2, 0) is 12.8 Å². The summed E-state index contributed by atoms with van der Waals surface area (Å²) in [5.74, 6) is 1.69. The van der Waals surface area contributed by atoms with Crippen LogP contribution in [0.2, 0.25) is 0 Å². The lowest BCUT2D eigenvalue weighted by atomic mass is 9.97. The molecule has 0 unspecified atom stereocenters. The zero-order valence-electron chi connectivity index (χ0n) is 17.9. The fourth-order valence-corrected chi connectivity index (χ4v) is 4.63. The molecule has 1 saturated heterocycles. The van der Waals surface area contributed by atoms with Gasteiger partial charge in [0.15, 0.2) is 0 Å². The summed E-state index contributed by atoms with van der Waals surface area (Å²) < 4.78 is 0. The second kappa shape index (κ2) is 9.06. The Kier molecular flexibility index (Phi) is 5.84. The molecule has 0 atom stereocenters. The molecule has 7 nitrogen and oxygen atoms in total. The van der Waals surface area contributed by atoms with Gasteiger partial charge in [-0.2, -0.15) is 0 Å². The van der Waals surface area contributed by atoms with Gasteiger partial charge in [-0.3, -0.25) is 14.7 Å². The number of piperazine rings is 1. The summed E-state index contributed by atoms with van der Waals surface area (Å²) >= 11 is 0. The van der Waals surface area contributed by atoms with Gasteiger partial charge < -0.3 is 10.2 Å². The molecular formula is C24H30N6O.